The molecule has 0 aromatic carbocycles. The van der Waals surface area contributed by atoms with Gasteiger partial charge in [0.05, 0.1) is 12.2 Å². The van der Waals surface area contributed by atoms with E-state index in [4.69, 9.17) is 4.74 Å². The predicted molar refractivity (Wildman–Crippen MR) is 101 cm³/mol. The molecule has 0 unspecified atom stereocenters. The highest BCUT2D eigenvalue weighted by atomic mass is 32.1. The number of nitrogens with one attached hydrogen (secondary N) is 1. The molecule has 1 fully saturated rings. The number of fused-ring (bicyclic) bond motifs is 1. The van der Waals surface area contributed by atoms with Crippen molar-refractivity contribution < 1.29 is 24.2 Å². The molecule has 1 aromatic heterocycles. The summed E-state index contributed by atoms with van der Waals surface area (Å²) < 4.78 is 5.22. The highest BCUT2D eigenvalue weighted by Crippen LogP contribution is 2.41. The molecule has 0 aliphatic heterocycles. The van der Waals surface area contributed by atoms with Gasteiger partial charge in [0, 0.05) is 22.7 Å². The zero-order valence-electron chi connectivity index (χ0n) is 15.8. The molecule has 27 heavy (non-hydrogen) atoms. The zero-order chi connectivity index (χ0) is 19.6. The Kier molecular flexibility index (Phi) is 6.19. The maximum absolute atomic E-state index is 12.8. The van der Waals surface area contributed by atoms with Crippen LogP contribution in [0.2, 0.25) is 0 Å². The van der Waals surface area contributed by atoms with E-state index in [9.17, 15) is 19.5 Å². The van der Waals surface area contributed by atoms with Crippen LogP contribution >= 0.6 is 11.3 Å². The van der Waals surface area contributed by atoms with Gasteiger partial charge in [-0.15, -0.1) is 11.3 Å². The summed E-state index contributed by atoms with van der Waals surface area (Å²) in [5.74, 6) is -2.76. The average molecular weight is 392 g/mol. The van der Waals surface area contributed by atoms with Gasteiger partial charge in [-0.2, -0.15) is 0 Å². The Labute approximate surface area is 163 Å². The van der Waals surface area contributed by atoms with Gasteiger partial charge in [-0.25, -0.2) is 4.79 Å². The number of carboxylic acids is 1. The summed E-state index contributed by atoms with van der Waals surface area (Å²) in [6, 6.07) is 0. The standard InChI is InChI=1S/C20H27NO5S/c1-3-26-20(25)16-14-9-8-11(2)10-15(14)27-18(16)21-17(22)12-6-4-5-7-13(12)19(23)24/h11-13H,3-10H2,1-2H3,(H,21,22)(H,23,24)/p-1/t11-,12+,13+/m1/s1. The van der Waals surface area contributed by atoms with Crippen LogP contribution in [0.15, 0.2) is 0 Å². The minimum atomic E-state index is -1.17. The highest BCUT2D eigenvalue weighted by molar-refractivity contribution is 7.17. The number of amides is 1. The first-order valence-electron chi connectivity index (χ1n) is 9.75. The largest absolute Gasteiger partial charge is 0.550 e. The molecule has 1 saturated carbocycles. The molecule has 0 radical (unpaired) electrons. The number of thiophene rings is 1. The SMILES string of the molecule is CCOC(=O)c1c(NC(=O)[C@H]2CCCC[C@@H]2C(=O)[O-])sc2c1CC[C@@H](C)C2. The van der Waals surface area contributed by atoms with Crippen LogP contribution in [-0.4, -0.2) is 24.5 Å². The van der Waals surface area contributed by atoms with E-state index in [0.717, 1.165) is 42.5 Å². The second-order valence-electron chi connectivity index (χ2n) is 7.58. The first kappa shape index (κ1) is 19.9. The lowest BCUT2D eigenvalue weighted by Gasteiger charge is -2.31. The second-order valence-corrected chi connectivity index (χ2v) is 8.69. The number of rotatable bonds is 5. The van der Waals surface area contributed by atoms with Gasteiger partial charge in [-0.3, -0.25) is 4.79 Å². The third kappa shape index (κ3) is 4.18. The van der Waals surface area contributed by atoms with Crippen LogP contribution in [0.1, 0.15) is 66.8 Å². The minimum Gasteiger partial charge on any atom is -0.550 e. The minimum absolute atomic E-state index is 0.266. The Morgan fingerprint density at radius 1 is 1.19 bits per heavy atom. The molecule has 7 heteroatoms. The van der Waals surface area contributed by atoms with E-state index in [1.165, 1.54) is 11.3 Å². The van der Waals surface area contributed by atoms with Crippen molar-refractivity contribution in [3.8, 4) is 0 Å². The maximum atomic E-state index is 12.8. The Morgan fingerprint density at radius 3 is 2.56 bits per heavy atom. The number of hydrogen-bond donors (Lipinski definition) is 1. The van der Waals surface area contributed by atoms with Crippen LogP contribution in [0.25, 0.3) is 0 Å². The van der Waals surface area contributed by atoms with Gasteiger partial charge >= 0.3 is 5.97 Å². The Balaban J connectivity index is 1.88. The maximum Gasteiger partial charge on any atom is 0.341 e. The first-order valence-corrected chi connectivity index (χ1v) is 10.6. The Bertz CT molecular complexity index is 741. The Hall–Kier alpha value is -1.89. The molecule has 2 aliphatic rings. The van der Waals surface area contributed by atoms with Gasteiger partial charge < -0.3 is 20.0 Å². The molecular weight excluding hydrogens is 366 g/mol. The summed E-state index contributed by atoms with van der Waals surface area (Å²) in [6.07, 6.45) is 5.28. The number of carbonyl (C=O) groups is 3. The van der Waals surface area contributed by atoms with Crippen LogP contribution in [0.3, 0.4) is 0 Å². The number of aliphatic carboxylic acids is 1. The van der Waals surface area contributed by atoms with Gasteiger partial charge in [-0.1, -0.05) is 19.8 Å². The third-order valence-electron chi connectivity index (χ3n) is 5.63. The molecule has 1 amide bonds. The average Bonchev–Trinajstić information content (AvgIpc) is 2.98. The molecule has 1 N–H and O–H groups in total. The van der Waals surface area contributed by atoms with Crippen molar-refractivity contribution in [2.75, 3.05) is 11.9 Å². The van der Waals surface area contributed by atoms with Crippen LogP contribution in [-0.2, 0) is 27.2 Å². The van der Waals surface area contributed by atoms with Gasteiger partial charge in [0.15, 0.2) is 0 Å². The summed E-state index contributed by atoms with van der Waals surface area (Å²) in [6.45, 7) is 4.20. The van der Waals surface area contributed by atoms with E-state index in [1.807, 2.05) is 0 Å². The summed E-state index contributed by atoms with van der Waals surface area (Å²) in [5, 5.41) is 14.8. The molecule has 6 nitrogen and oxygen atoms in total. The number of anilines is 1. The van der Waals surface area contributed by atoms with Crippen molar-refractivity contribution in [3.05, 3.63) is 16.0 Å². The van der Waals surface area contributed by atoms with Crippen molar-refractivity contribution in [2.24, 2.45) is 17.8 Å². The van der Waals surface area contributed by atoms with Crippen LogP contribution < -0.4 is 10.4 Å². The number of ether oxygens (including phenoxy) is 1. The third-order valence-corrected chi connectivity index (χ3v) is 6.80. The number of carbonyl (C=O) groups excluding carboxylic acids is 3. The van der Waals surface area contributed by atoms with E-state index in [2.05, 4.69) is 12.2 Å². The quantitative estimate of drug-likeness (QED) is 0.777. The lowest BCUT2D eigenvalue weighted by atomic mass is 9.78. The van der Waals surface area contributed by atoms with E-state index in [1.54, 1.807) is 6.92 Å². The Morgan fingerprint density at radius 2 is 1.89 bits per heavy atom. The van der Waals surface area contributed by atoms with Crippen molar-refractivity contribution in [3.63, 3.8) is 0 Å². The van der Waals surface area contributed by atoms with E-state index in [0.29, 0.717) is 29.3 Å². The smallest absolute Gasteiger partial charge is 0.341 e. The molecular formula is C20H26NO5S-. The van der Waals surface area contributed by atoms with E-state index in [-0.39, 0.29) is 12.5 Å². The number of esters is 1. The van der Waals surface area contributed by atoms with Crippen molar-refractivity contribution in [1.82, 2.24) is 0 Å². The molecule has 0 saturated heterocycles. The molecule has 3 atom stereocenters. The molecule has 1 aromatic rings. The van der Waals surface area contributed by atoms with Crippen molar-refractivity contribution in [2.45, 2.75) is 58.8 Å². The molecule has 3 rings (SSSR count). The fourth-order valence-electron chi connectivity index (χ4n) is 4.19. The second kappa shape index (κ2) is 8.42. The number of hydrogen-bond acceptors (Lipinski definition) is 6. The lowest BCUT2D eigenvalue weighted by Crippen LogP contribution is -2.42. The molecule has 148 valence electrons. The highest BCUT2D eigenvalue weighted by Gasteiger charge is 2.34. The summed E-state index contributed by atoms with van der Waals surface area (Å²) in [5.41, 5.74) is 1.44. The van der Waals surface area contributed by atoms with Gasteiger partial charge in [0.2, 0.25) is 5.91 Å². The lowest BCUT2D eigenvalue weighted by molar-refractivity contribution is -0.313. The fourth-order valence-corrected chi connectivity index (χ4v) is 5.59. The number of carboxylic acid groups (broad SMARTS) is 1. The van der Waals surface area contributed by atoms with E-state index >= 15 is 0 Å². The molecule has 0 spiro atoms. The zero-order valence-corrected chi connectivity index (χ0v) is 16.7. The molecule has 0 bridgehead atoms. The molecule has 1 heterocycles. The normalized spacial score (nSPS) is 24.7. The van der Waals surface area contributed by atoms with Gasteiger partial charge in [0.1, 0.15) is 5.00 Å². The van der Waals surface area contributed by atoms with Crippen molar-refractivity contribution in [1.29, 1.82) is 0 Å². The van der Waals surface area contributed by atoms with Gasteiger partial charge in [0.25, 0.3) is 0 Å². The van der Waals surface area contributed by atoms with E-state index < -0.39 is 23.8 Å². The van der Waals surface area contributed by atoms with Crippen LogP contribution in [0, 0.1) is 17.8 Å². The predicted octanol–water partition coefficient (Wildman–Crippen LogP) is 2.54. The topological polar surface area (TPSA) is 95.5 Å². The van der Waals surface area contributed by atoms with Crippen molar-refractivity contribution >= 4 is 34.2 Å². The molecule has 2 aliphatic carbocycles. The summed E-state index contributed by atoms with van der Waals surface area (Å²) >= 11 is 1.43. The van der Waals surface area contributed by atoms with Crippen LogP contribution in [0.4, 0.5) is 5.00 Å². The fraction of sp³-hybridized carbons (Fsp3) is 0.650. The summed E-state index contributed by atoms with van der Waals surface area (Å²) in [7, 11) is 0. The summed E-state index contributed by atoms with van der Waals surface area (Å²) in [4.78, 5) is 37.9. The van der Waals surface area contributed by atoms with Crippen LogP contribution in [0.5, 0.6) is 0 Å². The first-order chi connectivity index (χ1) is 12.9. The monoisotopic (exact) mass is 392 g/mol. The van der Waals surface area contributed by atoms with Gasteiger partial charge in [-0.05, 0) is 50.5 Å².